The Bertz CT molecular complexity index is 588. The molecule has 2 aromatic rings. The molecule has 7 heteroatoms. The molecule has 0 unspecified atom stereocenters. The summed E-state index contributed by atoms with van der Waals surface area (Å²) in [4.78, 5) is 15.8. The van der Waals surface area contributed by atoms with E-state index in [1.807, 2.05) is 0 Å². The molecule has 0 aliphatic rings. The number of carbonyl (C=O) groups excluding carboxylic acids is 1. The van der Waals surface area contributed by atoms with Gasteiger partial charge in [-0.25, -0.2) is 9.37 Å². The van der Waals surface area contributed by atoms with Gasteiger partial charge >= 0.3 is 0 Å². The van der Waals surface area contributed by atoms with E-state index in [-0.39, 0.29) is 11.7 Å². The van der Waals surface area contributed by atoms with Crippen molar-refractivity contribution in [3.8, 4) is 5.75 Å². The van der Waals surface area contributed by atoms with E-state index in [1.54, 1.807) is 6.20 Å². The summed E-state index contributed by atoms with van der Waals surface area (Å²) >= 11 is 4.54. The van der Waals surface area contributed by atoms with Crippen molar-refractivity contribution in [3.05, 3.63) is 39.6 Å². The number of thiazole rings is 1. The van der Waals surface area contributed by atoms with E-state index in [9.17, 15) is 9.18 Å². The van der Waals surface area contributed by atoms with Crippen molar-refractivity contribution in [1.82, 2.24) is 4.98 Å². The molecule has 1 N–H and O–H groups in total. The zero-order valence-electron chi connectivity index (χ0n) is 9.24. The number of hydrogen-bond acceptors (Lipinski definition) is 4. The molecule has 0 spiro atoms. The van der Waals surface area contributed by atoms with Gasteiger partial charge in [0, 0.05) is 5.56 Å². The Hall–Kier alpha value is -1.47. The van der Waals surface area contributed by atoms with Crippen molar-refractivity contribution in [2.75, 3.05) is 12.4 Å². The zero-order chi connectivity index (χ0) is 13.1. The van der Waals surface area contributed by atoms with Gasteiger partial charge in [0.25, 0.3) is 5.91 Å². The Morgan fingerprint density at radius 2 is 2.33 bits per heavy atom. The van der Waals surface area contributed by atoms with E-state index in [2.05, 4.69) is 26.2 Å². The Balaban J connectivity index is 2.18. The number of carbonyl (C=O) groups is 1. The minimum Gasteiger partial charge on any atom is -0.494 e. The molecule has 1 aromatic carbocycles. The molecule has 0 atom stereocenters. The van der Waals surface area contributed by atoms with Crippen molar-refractivity contribution in [2.24, 2.45) is 0 Å². The van der Waals surface area contributed by atoms with E-state index in [0.29, 0.717) is 10.7 Å². The number of amides is 1. The summed E-state index contributed by atoms with van der Waals surface area (Å²) < 4.78 is 18.8. The fourth-order valence-electron chi connectivity index (χ4n) is 1.28. The van der Waals surface area contributed by atoms with Crippen LogP contribution >= 0.6 is 27.3 Å². The number of nitrogens with one attached hydrogen (secondary N) is 1. The van der Waals surface area contributed by atoms with E-state index < -0.39 is 5.82 Å². The van der Waals surface area contributed by atoms with Gasteiger partial charge in [-0.2, -0.15) is 0 Å². The molecule has 0 aliphatic carbocycles. The van der Waals surface area contributed by atoms with E-state index in [1.165, 1.54) is 36.6 Å². The number of hydrogen-bond donors (Lipinski definition) is 1. The highest BCUT2D eigenvalue weighted by molar-refractivity contribution is 9.11. The Labute approximate surface area is 115 Å². The molecule has 0 radical (unpaired) electrons. The third kappa shape index (κ3) is 2.85. The van der Waals surface area contributed by atoms with Crippen LogP contribution in [-0.4, -0.2) is 18.0 Å². The second-order valence-electron chi connectivity index (χ2n) is 3.27. The van der Waals surface area contributed by atoms with Crippen LogP contribution in [0.1, 0.15) is 10.4 Å². The first kappa shape index (κ1) is 13.0. The van der Waals surface area contributed by atoms with Gasteiger partial charge in [-0.15, -0.1) is 0 Å². The van der Waals surface area contributed by atoms with E-state index in [4.69, 9.17) is 4.74 Å². The largest absolute Gasteiger partial charge is 0.494 e. The molecule has 1 heterocycles. The molecule has 0 aliphatic heterocycles. The summed E-state index contributed by atoms with van der Waals surface area (Å²) in [6.07, 6.45) is 1.59. The van der Waals surface area contributed by atoms with Crippen LogP contribution in [-0.2, 0) is 0 Å². The van der Waals surface area contributed by atoms with Gasteiger partial charge in [0.1, 0.15) is 0 Å². The minimum absolute atomic E-state index is 0.0305. The summed E-state index contributed by atoms with van der Waals surface area (Å²) in [7, 11) is 1.35. The van der Waals surface area contributed by atoms with Gasteiger partial charge in [0.05, 0.1) is 17.1 Å². The van der Waals surface area contributed by atoms with Crippen LogP contribution in [0.3, 0.4) is 0 Å². The highest BCUT2D eigenvalue weighted by Crippen LogP contribution is 2.24. The summed E-state index contributed by atoms with van der Waals surface area (Å²) in [5.41, 5.74) is 0.305. The fourth-order valence-corrected chi connectivity index (χ4v) is 2.38. The van der Waals surface area contributed by atoms with Crippen molar-refractivity contribution in [3.63, 3.8) is 0 Å². The molecule has 4 nitrogen and oxygen atoms in total. The smallest absolute Gasteiger partial charge is 0.257 e. The molecule has 2 rings (SSSR count). The molecule has 1 aromatic heterocycles. The molecule has 0 fully saturated rings. The lowest BCUT2D eigenvalue weighted by Crippen LogP contribution is -2.11. The number of aromatic nitrogens is 1. The number of methoxy groups -OCH3 is 1. The van der Waals surface area contributed by atoms with Crippen LogP contribution in [0.5, 0.6) is 5.75 Å². The number of anilines is 1. The second kappa shape index (κ2) is 5.45. The molecule has 0 saturated carbocycles. The first-order chi connectivity index (χ1) is 8.60. The maximum atomic E-state index is 13.2. The summed E-state index contributed by atoms with van der Waals surface area (Å²) in [6.45, 7) is 0. The van der Waals surface area contributed by atoms with E-state index >= 15 is 0 Å². The fraction of sp³-hybridized carbons (Fsp3) is 0.0909. The second-order valence-corrected chi connectivity index (χ2v) is 5.68. The molecule has 94 valence electrons. The third-order valence-electron chi connectivity index (χ3n) is 2.11. The predicted octanol–water partition coefficient (Wildman–Crippen LogP) is 3.31. The minimum atomic E-state index is -0.508. The van der Waals surface area contributed by atoms with Gasteiger partial charge in [-0.1, -0.05) is 11.3 Å². The first-order valence-electron chi connectivity index (χ1n) is 4.86. The lowest BCUT2D eigenvalue weighted by Gasteiger charge is -2.05. The standard InChI is InChI=1S/C11H8BrFN2O2S/c1-17-8-4-6(2-3-7(8)13)10(16)15-11-14-5-9(12)18-11/h2-5H,1H3,(H,14,15,16). The van der Waals surface area contributed by atoms with Crippen LogP contribution < -0.4 is 10.1 Å². The summed E-state index contributed by atoms with van der Waals surface area (Å²) in [5.74, 6) is -0.843. The number of benzene rings is 1. The number of rotatable bonds is 3. The van der Waals surface area contributed by atoms with Crippen LogP contribution in [0.2, 0.25) is 0 Å². The summed E-state index contributed by atoms with van der Waals surface area (Å²) in [5, 5.41) is 3.08. The highest BCUT2D eigenvalue weighted by Gasteiger charge is 2.11. The van der Waals surface area contributed by atoms with Crippen LogP contribution in [0.25, 0.3) is 0 Å². The van der Waals surface area contributed by atoms with Gasteiger partial charge in [0.15, 0.2) is 16.7 Å². The number of nitrogens with zero attached hydrogens (tertiary/aromatic N) is 1. The van der Waals surface area contributed by atoms with Gasteiger partial charge in [-0.3, -0.25) is 10.1 Å². The average molecular weight is 331 g/mol. The Kier molecular flexibility index (Phi) is 3.93. The first-order valence-corrected chi connectivity index (χ1v) is 6.47. The number of halogens is 2. The van der Waals surface area contributed by atoms with Crippen molar-refractivity contribution in [2.45, 2.75) is 0 Å². The van der Waals surface area contributed by atoms with Crippen molar-refractivity contribution >= 4 is 38.3 Å². The van der Waals surface area contributed by atoms with Crippen LogP contribution in [0.4, 0.5) is 9.52 Å². The molecule has 18 heavy (non-hydrogen) atoms. The topological polar surface area (TPSA) is 51.2 Å². The predicted molar refractivity (Wildman–Crippen MR) is 70.7 cm³/mol. The monoisotopic (exact) mass is 330 g/mol. The van der Waals surface area contributed by atoms with Gasteiger partial charge in [0.2, 0.25) is 0 Å². The lowest BCUT2D eigenvalue weighted by molar-refractivity contribution is 0.102. The highest BCUT2D eigenvalue weighted by atomic mass is 79.9. The quantitative estimate of drug-likeness (QED) is 0.939. The zero-order valence-corrected chi connectivity index (χ0v) is 11.6. The maximum absolute atomic E-state index is 13.2. The molecule has 0 saturated heterocycles. The number of ether oxygens (including phenoxy) is 1. The van der Waals surface area contributed by atoms with Crippen molar-refractivity contribution < 1.29 is 13.9 Å². The molecular formula is C11H8BrFN2O2S. The Morgan fingerprint density at radius 1 is 1.56 bits per heavy atom. The summed E-state index contributed by atoms with van der Waals surface area (Å²) in [6, 6.07) is 3.91. The third-order valence-corrected chi connectivity index (χ3v) is 3.50. The maximum Gasteiger partial charge on any atom is 0.257 e. The lowest BCUT2D eigenvalue weighted by atomic mass is 10.2. The van der Waals surface area contributed by atoms with Crippen LogP contribution in [0.15, 0.2) is 28.2 Å². The van der Waals surface area contributed by atoms with Gasteiger partial charge < -0.3 is 4.74 Å². The average Bonchev–Trinajstić information content (AvgIpc) is 2.75. The molecule has 0 bridgehead atoms. The Morgan fingerprint density at radius 3 is 2.94 bits per heavy atom. The van der Waals surface area contributed by atoms with Crippen LogP contribution in [0, 0.1) is 5.82 Å². The van der Waals surface area contributed by atoms with Gasteiger partial charge in [-0.05, 0) is 34.1 Å². The van der Waals surface area contributed by atoms with Crippen molar-refractivity contribution in [1.29, 1.82) is 0 Å². The molecule has 1 amide bonds. The SMILES string of the molecule is COc1cc(C(=O)Nc2ncc(Br)s2)ccc1F. The molecular weight excluding hydrogens is 323 g/mol. The van der Waals surface area contributed by atoms with E-state index in [0.717, 1.165) is 3.79 Å². The normalized spacial score (nSPS) is 10.2.